The summed E-state index contributed by atoms with van der Waals surface area (Å²) in [4.78, 5) is 4.14. The van der Waals surface area contributed by atoms with Crippen LogP contribution in [0.15, 0.2) is 24.4 Å². The number of hydrogen-bond acceptors (Lipinski definition) is 3. The normalized spacial score (nSPS) is 12.6. The van der Waals surface area contributed by atoms with E-state index in [9.17, 15) is 4.39 Å². The van der Waals surface area contributed by atoms with Crippen LogP contribution < -0.4 is 5.32 Å². The summed E-state index contributed by atoms with van der Waals surface area (Å²) in [5.74, 6) is -0.313. The van der Waals surface area contributed by atoms with E-state index in [1.807, 2.05) is 18.8 Å². The molecule has 1 N–H and O–H groups in total. The third kappa shape index (κ3) is 3.17. The third-order valence-electron chi connectivity index (χ3n) is 3.26. The van der Waals surface area contributed by atoms with Gasteiger partial charge in [0.1, 0.15) is 5.82 Å². The number of aryl methyl sites for hydroxylation is 2. The van der Waals surface area contributed by atoms with E-state index in [4.69, 9.17) is 0 Å². The van der Waals surface area contributed by atoms with E-state index in [-0.39, 0.29) is 11.9 Å². The van der Waals surface area contributed by atoms with Crippen LogP contribution >= 0.6 is 0 Å². The van der Waals surface area contributed by atoms with Gasteiger partial charge >= 0.3 is 0 Å². The molecular formula is C14H19FN4. The lowest BCUT2D eigenvalue weighted by Gasteiger charge is -2.15. The van der Waals surface area contributed by atoms with Gasteiger partial charge in [0.25, 0.3) is 0 Å². The van der Waals surface area contributed by atoms with E-state index in [0.29, 0.717) is 0 Å². The van der Waals surface area contributed by atoms with Crippen LogP contribution in [0.1, 0.15) is 30.0 Å². The fourth-order valence-electron chi connectivity index (χ4n) is 2.09. The van der Waals surface area contributed by atoms with Gasteiger partial charge in [0.2, 0.25) is 0 Å². The van der Waals surface area contributed by atoms with Crippen molar-refractivity contribution in [3.8, 4) is 0 Å². The van der Waals surface area contributed by atoms with Gasteiger partial charge in [-0.3, -0.25) is 9.67 Å². The van der Waals surface area contributed by atoms with Crippen LogP contribution in [0.4, 0.5) is 4.39 Å². The Labute approximate surface area is 112 Å². The molecular weight excluding hydrogens is 243 g/mol. The van der Waals surface area contributed by atoms with Gasteiger partial charge in [-0.1, -0.05) is 6.92 Å². The first-order valence-electron chi connectivity index (χ1n) is 6.44. The van der Waals surface area contributed by atoms with Crippen LogP contribution in [-0.4, -0.2) is 21.8 Å². The molecule has 0 amide bonds. The van der Waals surface area contributed by atoms with Crippen LogP contribution in [0, 0.1) is 5.82 Å². The van der Waals surface area contributed by atoms with Crippen LogP contribution in [0.5, 0.6) is 0 Å². The molecule has 0 spiro atoms. The van der Waals surface area contributed by atoms with Crippen LogP contribution in [0.2, 0.25) is 0 Å². The van der Waals surface area contributed by atoms with Crippen molar-refractivity contribution in [2.24, 2.45) is 7.05 Å². The van der Waals surface area contributed by atoms with E-state index in [2.05, 4.69) is 28.4 Å². The molecule has 0 radical (unpaired) electrons. The summed E-state index contributed by atoms with van der Waals surface area (Å²) in [6.45, 7) is 2.09. The smallest absolute Gasteiger partial charge is 0.141 e. The van der Waals surface area contributed by atoms with Crippen molar-refractivity contribution >= 4 is 0 Å². The number of pyridine rings is 1. The van der Waals surface area contributed by atoms with E-state index >= 15 is 0 Å². The lowest BCUT2D eigenvalue weighted by Crippen LogP contribution is -2.21. The minimum absolute atomic E-state index is 0.0562. The lowest BCUT2D eigenvalue weighted by atomic mass is 10.1. The molecule has 2 heterocycles. The molecule has 19 heavy (non-hydrogen) atoms. The maximum absolute atomic E-state index is 12.9. The van der Waals surface area contributed by atoms with E-state index in [1.165, 1.54) is 12.3 Å². The highest BCUT2D eigenvalue weighted by molar-refractivity contribution is 5.16. The summed E-state index contributed by atoms with van der Waals surface area (Å²) < 4.78 is 14.8. The Morgan fingerprint density at radius 2 is 2.21 bits per heavy atom. The molecule has 2 rings (SSSR count). The molecule has 102 valence electrons. The van der Waals surface area contributed by atoms with Crippen LogP contribution in [-0.2, 0) is 19.9 Å². The maximum atomic E-state index is 12.9. The second kappa shape index (κ2) is 5.93. The van der Waals surface area contributed by atoms with Gasteiger partial charge in [-0.05, 0) is 31.7 Å². The Balaban J connectivity index is 2.18. The Morgan fingerprint density at radius 1 is 1.42 bits per heavy atom. The van der Waals surface area contributed by atoms with Crippen molar-refractivity contribution in [3.05, 3.63) is 47.3 Å². The second-order valence-electron chi connectivity index (χ2n) is 4.55. The molecule has 5 heteroatoms. The Bertz CT molecular complexity index is 533. The summed E-state index contributed by atoms with van der Waals surface area (Å²) in [6, 6.07) is 5.31. The third-order valence-corrected chi connectivity index (χ3v) is 3.26. The van der Waals surface area contributed by atoms with E-state index < -0.39 is 0 Å². The van der Waals surface area contributed by atoms with E-state index in [0.717, 1.165) is 29.9 Å². The average molecular weight is 262 g/mol. The summed E-state index contributed by atoms with van der Waals surface area (Å²) >= 11 is 0. The molecule has 0 fully saturated rings. The van der Waals surface area contributed by atoms with Gasteiger partial charge in [0, 0.05) is 19.2 Å². The first kappa shape index (κ1) is 13.7. The maximum Gasteiger partial charge on any atom is 0.141 e. The molecule has 1 unspecified atom stereocenters. The summed E-state index contributed by atoms with van der Waals surface area (Å²) in [6.07, 6.45) is 2.95. The van der Waals surface area contributed by atoms with Crippen molar-refractivity contribution in [2.75, 3.05) is 7.05 Å². The Morgan fingerprint density at radius 3 is 2.74 bits per heavy atom. The standard InChI is InChI=1S/C14H19FN4/c1-4-11-7-12(19(3)18-11)8-14(16-2)13-6-5-10(15)9-17-13/h5-7,9,14,16H,4,8H2,1-3H3. The lowest BCUT2D eigenvalue weighted by molar-refractivity contribution is 0.543. The van der Waals surface area contributed by atoms with Crippen molar-refractivity contribution in [1.82, 2.24) is 20.1 Å². The topological polar surface area (TPSA) is 42.7 Å². The molecule has 4 nitrogen and oxygen atoms in total. The zero-order chi connectivity index (χ0) is 13.8. The minimum atomic E-state index is -0.313. The predicted octanol–water partition coefficient (Wildman–Crippen LogP) is 2.02. The highest BCUT2D eigenvalue weighted by Gasteiger charge is 2.14. The van der Waals surface area contributed by atoms with Gasteiger partial charge in [-0.25, -0.2) is 4.39 Å². The summed E-state index contributed by atoms with van der Waals surface area (Å²) in [5.41, 5.74) is 3.06. The Kier molecular flexibility index (Phi) is 4.27. The predicted molar refractivity (Wildman–Crippen MR) is 72.3 cm³/mol. The molecule has 0 saturated heterocycles. The number of hydrogen-bond donors (Lipinski definition) is 1. The average Bonchev–Trinajstić information content (AvgIpc) is 2.78. The SMILES string of the molecule is CCc1cc(CC(NC)c2ccc(F)cn2)n(C)n1. The van der Waals surface area contributed by atoms with Crippen molar-refractivity contribution in [2.45, 2.75) is 25.8 Å². The molecule has 0 aliphatic heterocycles. The summed E-state index contributed by atoms with van der Waals surface area (Å²) in [5, 5.41) is 7.65. The quantitative estimate of drug-likeness (QED) is 0.896. The Hall–Kier alpha value is -1.75. The number of nitrogens with zero attached hydrogens (tertiary/aromatic N) is 3. The van der Waals surface area contributed by atoms with Gasteiger partial charge in [0.15, 0.2) is 0 Å². The second-order valence-corrected chi connectivity index (χ2v) is 4.55. The number of aromatic nitrogens is 3. The van der Waals surface area contributed by atoms with Crippen molar-refractivity contribution < 1.29 is 4.39 Å². The monoisotopic (exact) mass is 262 g/mol. The first-order chi connectivity index (χ1) is 9.13. The largest absolute Gasteiger partial charge is 0.311 e. The van der Waals surface area contributed by atoms with E-state index in [1.54, 1.807) is 6.07 Å². The van der Waals surface area contributed by atoms with Crippen molar-refractivity contribution in [1.29, 1.82) is 0 Å². The summed E-state index contributed by atoms with van der Waals surface area (Å²) in [7, 11) is 3.83. The number of nitrogens with one attached hydrogen (secondary N) is 1. The minimum Gasteiger partial charge on any atom is -0.311 e. The van der Waals surface area contributed by atoms with Crippen molar-refractivity contribution in [3.63, 3.8) is 0 Å². The molecule has 0 aromatic carbocycles. The fraction of sp³-hybridized carbons (Fsp3) is 0.429. The van der Waals surface area contributed by atoms with Gasteiger partial charge in [-0.15, -0.1) is 0 Å². The highest BCUT2D eigenvalue weighted by atomic mass is 19.1. The molecule has 2 aromatic rings. The zero-order valence-corrected chi connectivity index (χ0v) is 11.5. The molecule has 2 aromatic heterocycles. The van der Waals surface area contributed by atoms with Gasteiger partial charge < -0.3 is 5.32 Å². The van der Waals surface area contributed by atoms with Gasteiger partial charge in [0.05, 0.1) is 23.6 Å². The van der Waals surface area contributed by atoms with Crippen LogP contribution in [0.3, 0.4) is 0 Å². The first-order valence-corrected chi connectivity index (χ1v) is 6.44. The highest BCUT2D eigenvalue weighted by Crippen LogP contribution is 2.17. The molecule has 1 atom stereocenters. The number of rotatable bonds is 5. The molecule has 0 aliphatic carbocycles. The zero-order valence-electron chi connectivity index (χ0n) is 11.5. The molecule has 0 aliphatic rings. The number of likely N-dealkylation sites (N-methyl/N-ethyl adjacent to an activating group) is 1. The van der Waals surface area contributed by atoms with Gasteiger partial charge in [-0.2, -0.15) is 5.10 Å². The molecule has 0 saturated carbocycles. The number of halogens is 1. The molecule has 0 bridgehead atoms. The van der Waals surface area contributed by atoms with Crippen LogP contribution in [0.25, 0.3) is 0 Å². The fourth-order valence-corrected chi connectivity index (χ4v) is 2.09.